The average Bonchev–Trinajstić information content (AvgIpc) is 2.84. The number of halogens is 4. The number of ether oxygens (including phenoxy) is 2. The van der Waals surface area contributed by atoms with Gasteiger partial charge in [-0.15, -0.1) is 0 Å². The van der Waals surface area contributed by atoms with Crippen molar-refractivity contribution in [3.8, 4) is 11.5 Å². The molecule has 1 N–H and O–H groups in total. The van der Waals surface area contributed by atoms with Crippen LogP contribution in [0.1, 0.15) is 49.5 Å². The van der Waals surface area contributed by atoms with E-state index in [0.29, 0.717) is 12.1 Å². The highest BCUT2D eigenvalue weighted by molar-refractivity contribution is 8.09. The first-order chi connectivity index (χ1) is 18.9. The molecule has 1 unspecified atom stereocenters. The number of nitrogens with one attached hydrogen (secondary N) is 1. The molecule has 41 heavy (non-hydrogen) atoms. The van der Waals surface area contributed by atoms with E-state index in [1.54, 1.807) is 4.72 Å². The first-order valence-electron chi connectivity index (χ1n) is 11.9. The van der Waals surface area contributed by atoms with Crippen molar-refractivity contribution in [3.63, 3.8) is 0 Å². The zero-order valence-corrected chi connectivity index (χ0v) is 24.0. The van der Waals surface area contributed by atoms with Gasteiger partial charge in [0.15, 0.2) is 26.1 Å². The molecule has 0 radical (unpaired) electrons. The van der Waals surface area contributed by atoms with Crippen LogP contribution in [0.15, 0.2) is 24.3 Å². The van der Waals surface area contributed by atoms with E-state index in [1.165, 1.54) is 27.7 Å². The predicted molar refractivity (Wildman–Crippen MR) is 141 cm³/mol. The molecule has 0 aliphatic heterocycles. The number of nitrogens with zero attached hydrogens (tertiary/aromatic N) is 1. The minimum absolute atomic E-state index is 0.236. The summed E-state index contributed by atoms with van der Waals surface area (Å²) in [6.07, 6.45) is -1.59. The molecule has 228 valence electrons. The van der Waals surface area contributed by atoms with Gasteiger partial charge >= 0.3 is 5.97 Å². The number of esters is 1. The first kappa shape index (κ1) is 33.7. The topological polar surface area (TPSA) is 159 Å². The zero-order valence-electron chi connectivity index (χ0n) is 22.4. The average molecular weight is 629 g/mol. The number of rotatable bonds is 13. The van der Waals surface area contributed by atoms with Crippen LogP contribution in [-0.4, -0.2) is 57.0 Å². The molecular formula is C24H28F4N2O9S2. The van der Waals surface area contributed by atoms with Gasteiger partial charge < -0.3 is 9.47 Å². The maximum atomic E-state index is 15.4. The lowest BCUT2D eigenvalue weighted by Crippen LogP contribution is -2.37. The van der Waals surface area contributed by atoms with E-state index in [4.69, 9.17) is 9.47 Å². The highest BCUT2D eigenvalue weighted by atomic mass is 32.3. The Morgan fingerprint density at radius 3 is 2.24 bits per heavy atom. The highest BCUT2D eigenvalue weighted by Gasteiger charge is 2.38. The summed E-state index contributed by atoms with van der Waals surface area (Å²) in [6, 6.07) is 2.98. The third-order valence-electron chi connectivity index (χ3n) is 5.36. The Hall–Kier alpha value is -3.47. The minimum atomic E-state index is -5.06. The standard InChI is InChI=1S/C24H28F4N2O9S2/c1-14-18(9-8-17(30(32)33)20(14)23(31)39-24(2,3)4)38-22-15(27)6-7-16(21(22)28)29-41(36,37)19(10-12-26)40(34,35)13-5-11-25/h6-9,19,29H,5,10-13H2,1-4H3. The van der Waals surface area contributed by atoms with Gasteiger partial charge in [0.25, 0.3) is 5.69 Å². The van der Waals surface area contributed by atoms with Crippen molar-refractivity contribution >= 4 is 37.2 Å². The van der Waals surface area contributed by atoms with E-state index in [9.17, 15) is 44.9 Å². The number of anilines is 1. The predicted octanol–water partition coefficient (Wildman–Crippen LogP) is 5.13. The van der Waals surface area contributed by atoms with Crippen LogP contribution in [0.4, 0.5) is 28.9 Å². The minimum Gasteiger partial charge on any atom is -0.456 e. The molecule has 0 amide bonds. The van der Waals surface area contributed by atoms with Crippen molar-refractivity contribution in [2.24, 2.45) is 0 Å². The van der Waals surface area contributed by atoms with Crippen LogP contribution in [0, 0.1) is 28.7 Å². The second-order valence-corrected chi connectivity index (χ2v) is 14.1. The molecule has 0 saturated heterocycles. The van der Waals surface area contributed by atoms with Crippen LogP contribution >= 0.6 is 0 Å². The Morgan fingerprint density at radius 1 is 1.07 bits per heavy atom. The third-order valence-corrected chi connectivity index (χ3v) is 10.3. The molecule has 2 aromatic carbocycles. The number of alkyl halides is 2. The van der Waals surface area contributed by atoms with Gasteiger partial charge in [-0.1, -0.05) is 0 Å². The molecule has 0 spiro atoms. The number of hydrogen-bond acceptors (Lipinski definition) is 9. The van der Waals surface area contributed by atoms with Gasteiger partial charge in [0.05, 0.1) is 29.7 Å². The maximum absolute atomic E-state index is 15.4. The number of benzene rings is 2. The molecule has 0 aromatic heterocycles. The lowest BCUT2D eigenvalue weighted by atomic mass is 10.0. The van der Waals surface area contributed by atoms with Crippen molar-refractivity contribution in [2.75, 3.05) is 23.8 Å². The molecule has 0 aliphatic carbocycles. The Bertz CT molecular complexity index is 1530. The van der Waals surface area contributed by atoms with Gasteiger partial charge in [0.2, 0.25) is 15.8 Å². The summed E-state index contributed by atoms with van der Waals surface area (Å²) in [6.45, 7) is 3.24. The molecule has 0 fully saturated rings. The number of hydrogen-bond donors (Lipinski definition) is 1. The smallest absolute Gasteiger partial charge is 0.346 e. The lowest BCUT2D eigenvalue weighted by Gasteiger charge is -2.21. The van der Waals surface area contributed by atoms with Gasteiger partial charge in [-0.3, -0.25) is 23.6 Å². The van der Waals surface area contributed by atoms with Crippen molar-refractivity contribution in [3.05, 3.63) is 57.1 Å². The van der Waals surface area contributed by atoms with Gasteiger partial charge in [0.1, 0.15) is 16.9 Å². The zero-order chi connectivity index (χ0) is 31.3. The molecule has 0 aliphatic rings. The van der Waals surface area contributed by atoms with Crippen molar-refractivity contribution in [1.82, 2.24) is 0 Å². The summed E-state index contributed by atoms with van der Waals surface area (Å²) in [5.41, 5.74) is -3.51. The fourth-order valence-electron chi connectivity index (χ4n) is 3.57. The van der Waals surface area contributed by atoms with E-state index in [-0.39, 0.29) is 5.56 Å². The van der Waals surface area contributed by atoms with Crippen LogP contribution in [0.2, 0.25) is 0 Å². The van der Waals surface area contributed by atoms with Crippen LogP contribution in [0.3, 0.4) is 0 Å². The monoisotopic (exact) mass is 628 g/mol. The largest absolute Gasteiger partial charge is 0.456 e. The molecule has 17 heteroatoms. The van der Waals surface area contributed by atoms with Gasteiger partial charge in [-0.25, -0.2) is 30.4 Å². The summed E-state index contributed by atoms with van der Waals surface area (Å²) in [4.78, 5) is 23.4. The number of carbonyl (C=O) groups is 1. The van der Waals surface area contributed by atoms with Crippen molar-refractivity contribution in [1.29, 1.82) is 0 Å². The normalized spacial score (nSPS) is 13.0. The first-order valence-corrected chi connectivity index (χ1v) is 15.1. The summed E-state index contributed by atoms with van der Waals surface area (Å²) in [5, 5.41) is 11.5. The number of sulfonamides is 1. The maximum Gasteiger partial charge on any atom is 0.346 e. The van der Waals surface area contributed by atoms with Crippen LogP contribution in [0.5, 0.6) is 11.5 Å². The van der Waals surface area contributed by atoms with Crippen LogP contribution < -0.4 is 9.46 Å². The number of nitro benzene ring substituents is 1. The third kappa shape index (κ3) is 8.28. The second kappa shape index (κ2) is 13.0. The number of sulfone groups is 1. The molecule has 2 aromatic rings. The Kier molecular flexibility index (Phi) is 10.7. The summed E-state index contributed by atoms with van der Waals surface area (Å²) < 4.78 is 116. The Labute approximate surface area is 234 Å². The van der Waals surface area contributed by atoms with Crippen LogP contribution in [0.25, 0.3) is 0 Å². The van der Waals surface area contributed by atoms with Crippen molar-refractivity contribution in [2.45, 2.75) is 50.7 Å². The highest BCUT2D eigenvalue weighted by Crippen LogP contribution is 2.38. The number of nitro groups is 1. The summed E-state index contributed by atoms with van der Waals surface area (Å²) >= 11 is 0. The van der Waals surface area contributed by atoms with E-state index < -0.39 is 113 Å². The number of carbonyl (C=O) groups excluding carboxylic acids is 1. The van der Waals surface area contributed by atoms with Gasteiger partial charge in [0, 0.05) is 18.1 Å². The fourth-order valence-corrected chi connectivity index (χ4v) is 7.76. The Balaban J connectivity index is 2.56. The quantitative estimate of drug-likeness (QED) is 0.137. The van der Waals surface area contributed by atoms with Gasteiger partial charge in [-0.2, -0.15) is 0 Å². The molecule has 2 rings (SSSR count). The summed E-state index contributed by atoms with van der Waals surface area (Å²) in [5.74, 6) is -6.71. The van der Waals surface area contributed by atoms with E-state index in [1.807, 2.05) is 0 Å². The van der Waals surface area contributed by atoms with E-state index in [0.717, 1.165) is 12.1 Å². The molecule has 0 heterocycles. The molecule has 0 bridgehead atoms. The molecule has 11 nitrogen and oxygen atoms in total. The van der Waals surface area contributed by atoms with Gasteiger partial charge in [-0.05, 0) is 52.3 Å². The lowest BCUT2D eigenvalue weighted by molar-refractivity contribution is -0.385. The van der Waals surface area contributed by atoms with Crippen molar-refractivity contribution < 1.29 is 53.6 Å². The Morgan fingerprint density at radius 2 is 1.71 bits per heavy atom. The molecule has 0 saturated carbocycles. The SMILES string of the molecule is Cc1c(Oc2c(F)ccc(NS(=O)(=O)C(CCF)S(=O)(=O)CCCF)c2F)ccc([N+](=O)[O-])c1C(=O)OC(C)(C)C. The fraction of sp³-hybridized carbons (Fsp3) is 0.458. The van der Waals surface area contributed by atoms with Crippen LogP contribution in [-0.2, 0) is 24.6 Å². The van der Waals surface area contributed by atoms with E-state index >= 15 is 4.39 Å². The molecule has 1 atom stereocenters. The van der Waals surface area contributed by atoms with E-state index in [2.05, 4.69) is 0 Å². The summed E-state index contributed by atoms with van der Waals surface area (Å²) in [7, 11) is -9.67. The molecular weight excluding hydrogens is 600 g/mol. The second-order valence-electron chi connectivity index (χ2n) is 9.65.